The molecule has 1 amide bonds. The number of benzene rings is 1. The number of anilines is 1. The number of hydrogen-bond acceptors (Lipinski definition) is 7. The van der Waals surface area contributed by atoms with Gasteiger partial charge in [-0.25, -0.2) is 10.5 Å². The van der Waals surface area contributed by atoms with Crippen LogP contribution in [0.2, 0.25) is 0 Å². The Bertz CT molecular complexity index is 723. The van der Waals surface area contributed by atoms with Gasteiger partial charge in [-0.3, -0.25) is 4.79 Å². The SMILES string of the molecule is CC(C)(C)NC(=O)CSc1n[nH]c(N/N=C\c2ccccc2O)n1. The zero-order valence-electron chi connectivity index (χ0n) is 13.7. The molecular formula is C15H20N6O2S. The predicted octanol–water partition coefficient (Wildman–Crippen LogP) is 1.96. The van der Waals surface area contributed by atoms with E-state index in [0.717, 1.165) is 0 Å². The van der Waals surface area contributed by atoms with Gasteiger partial charge in [0.15, 0.2) is 0 Å². The quantitative estimate of drug-likeness (QED) is 0.360. The summed E-state index contributed by atoms with van der Waals surface area (Å²) >= 11 is 1.22. The Hall–Kier alpha value is -2.55. The second kappa shape index (κ2) is 7.82. The molecule has 128 valence electrons. The topological polar surface area (TPSA) is 115 Å². The molecule has 0 fully saturated rings. The lowest BCUT2D eigenvalue weighted by Crippen LogP contribution is -2.41. The zero-order valence-corrected chi connectivity index (χ0v) is 14.5. The summed E-state index contributed by atoms with van der Waals surface area (Å²) in [7, 11) is 0. The number of phenols is 1. The Kier molecular flexibility index (Phi) is 5.80. The number of thioether (sulfide) groups is 1. The first kappa shape index (κ1) is 17.8. The van der Waals surface area contributed by atoms with E-state index in [0.29, 0.717) is 16.7 Å². The van der Waals surface area contributed by atoms with Gasteiger partial charge in [0, 0.05) is 11.1 Å². The van der Waals surface area contributed by atoms with E-state index in [1.807, 2.05) is 20.8 Å². The molecule has 4 N–H and O–H groups in total. The van der Waals surface area contributed by atoms with Crippen molar-refractivity contribution in [3.05, 3.63) is 29.8 Å². The molecule has 0 bridgehead atoms. The molecule has 0 saturated heterocycles. The van der Waals surface area contributed by atoms with Crippen LogP contribution in [0.5, 0.6) is 5.75 Å². The number of H-pyrrole nitrogens is 1. The molecule has 0 aliphatic carbocycles. The fourth-order valence-corrected chi connectivity index (χ4v) is 2.30. The summed E-state index contributed by atoms with van der Waals surface area (Å²) in [5.41, 5.74) is 3.00. The standard InChI is InChI=1S/C15H20N6O2S/c1-15(2,3)18-12(23)9-24-14-17-13(20-21-14)19-16-8-10-6-4-5-7-11(10)22/h4-8,22H,9H2,1-3H3,(H,18,23)(H2,17,19,20,21)/b16-8-. The highest BCUT2D eigenvalue weighted by Crippen LogP contribution is 2.15. The molecule has 1 aromatic heterocycles. The van der Waals surface area contributed by atoms with Crippen LogP contribution in [0.4, 0.5) is 5.95 Å². The molecule has 0 aliphatic heterocycles. The number of aromatic hydroxyl groups is 1. The first-order chi connectivity index (χ1) is 11.3. The number of phenolic OH excluding ortho intramolecular Hbond substituents is 1. The summed E-state index contributed by atoms with van der Waals surface area (Å²) < 4.78 is 0. The highest BCUT2D eigenvalue weighted by atomic mass is 32.2. The van der Waals surface area contributed by atoms with Crippen molar-refractivity contribution in [3.63, 3.8) is 0 Å². The second-order valence-corrected chi connectivity index (χ2v) is 6.92. The molecular weight excluding hydrogens is 328 g/mol. The van der Waals surface area contributed by atoms with Gasteiger partial charge in [-0.2, -0.15) is 10.1 Å². The summed E-state index contributed by atoms with van der Waals surface area (Å²) in [5, 5.41) is 23.6. The maximum atomic E-state index is 11.7. The number of amides is 1. The molecule has 0 atom stereocenters. The van der Waals surface area contributed by atoms with E-state index in [4.69, 9.17) is 0 Å². The summed E-state index contributed by atoms with van der Waals surface area (Å²) in [4.78, 5) is 15.9. The zero-order chi connectivity index (χ0) is 17.6. The van der Waals surface area contributed by atoms with Crippen LogP contribution in [0.25, 0.3) is 0 Å². The maximum Gasteiger partial charge on any atom is 0.240 e. The van der Waals surface area contributed by atoms with Gasteiger partial charge in [0.05, 0.1) is 12.0 Å². The molecule has 1 aromatic carbocycles. The van der Waals surface area contributed by atoms with Crippen molar-refractivity contribution in [2.24, 2.45) is 5.10 Å². The van der Waals surface area contributed by atoms with Crippen molar-refractivity contribution >= 4 is 29.8 Å². The third-order valence-corrected chi connectivity index (χ3v) is 3.47. The van der Waals surface area contributed by atoms with Crippen LogP contribution in [-0.2, 0) is 4.79 Å². The third kappa shape index (κ3) is 5.92. The number of hydrogen-bond donors (Lipinski definition) is 4. The molecule has 8 nitrogen and oxygen atoms in total. The number of hydrazone groups is 1. The van der Waals surface area contributed by atoms with Crippen molar-refractivity contribution in [2.75, 3.05) is 11.2 Å². The van der Waals surface area contributed by atoms with Crippen LogP contribution < -0.4 is 10.7 Å². The normalized spacial score (nSPS) is 11.6. The van der Waals surface area contributed by atoms with E-state index in [2.05, 4.69) is 31.0 Å². The number of rotatable bonds is 6. The van der Waals surface area contributed by atoms with Gasteiger partial charge in [0.1, 0.15) is 5.75 Å². The van der Waals surface area contributed by atoms with E-state index >= 15 is 0 Å². The van der Waals surface area contributed by atoms with Crippen LogP contribution >= 0.6 is 11.8 Å². The number of carbonyl (C=O) groups is 1. The molecule has 0 spiro atoms. The first-order valence-corrected chi connectivity index (χ1v) is 8.25. The van der Waals surface area contributed by atoms with Gasteiger partial charge in [-0.15, -0.1) is 5.10 Å². The van der Waals surface area contributed by atoms with Gasteiger partial charge in [-0.05, 0) is 32.9 Å². The molecule has 0 aliphatic rings. The number of nitrogens with one attached hydrogen (secondary N) is 3. The molecule has 2 rings (SSSR count). The average Bonchev–Trinajstić information content (AvgIpc) is 2.93. The smallest absolute Gasteiger partial charge is 0.240 e. The first-order valence-electron chi connectivity index (χ1n) is 7.27. The number of para-hydroxylation sites is 1. The Morgan fingerprint density at radius 1 is 1.42 bits per heavy atom. The summed E-state index contributed by atoms with van der Waals surface area (Å²) in [6, 6.07) is 6.84. The lowest BCUT2D eigenvalue weighted by molar-refractivity contribution is -0.119. The fraction of sp³-hybridized carbons (Fsp3) is 0.333. The Balaban J connectivity index is 1.83. The maximum absolute atomic E-state index is 11.7. The molecule has 24 heavy (non-hydrogen) atoms. The van der Waals surface area contributed by atoms with Crippen molar-refractivity contribution < 1.29 is 9.90 Å². The van der Waals surface area contributed by atoms with Crippen molar-refractivity contribution in [3.8, 4) is 5.75 Å². The molecule has 0 saturated carbocycles. The minimum Gasteiger partial charge on any atom is -0.507 e. The van der Waals surface area contributed by atoms with E-state index in [1.165, 1.54) is 18.0 Å². The van der Waals surface area contributed by atoms with Crippen LogP contribution in [0.1, 0.15) is 26.3 Å². The number of aromatic nitrogens is 3. The van der Waals surface area contributed by atoms with Crippen LogP contribution in [0, 0.1) is 0 Å². The molecule has 1 heterocycles. The largest absolute Gasteiger partial charge is 0.507 e. The third-order valence-electron chi connectivity index (χ3n) is 2.62. The Morgan fingerprint density at radius 3 is 2.88 bits per heavy atom. The van der Waals surface area contributed by atoms with Crippen molar-refractivity contribution in [1.82, 2.24) is 20.5 Å². The van der Waals surface area contributed by atoms with E-state index in [-0.39, 0.29) is 22.9 Å². The van der Waals surface area contributed by atoms with E-state index in [9.17, 15) is 9.90 Å². The fourth-order valence-electron chi connectivity index (χ4n) is 1.71. The summed E-state index contributed by atoms with van der Waals surface area (Å²) in [6.07, 6.45) is 1.47. The minimum atomic E-state index is -0.263. The van der Waals surface area contributed by atoms with Gasteiger partial charge in [-0.1, -0.05) is 23.9 Å². The van der Waals surface area contributed by atoms with Gasteiger partial charge >= 0.3 is 0 Å². The van der Waals surface area contributed by atoms with Crippen molar-refractivity contribution in [1.29, 1.82) is 0 Å². The van der Waals surface area contributed by atoms with Gasteiger partial charge < -0.3 is 10.4 Å². The van der Waals surface area contributed by atoms with Gasteiger partial charge in [0.25, 0.3) is 0 Å². The van der Waals surface area contributed by atoms with Crippen LogP contribution in [-0.4, -0.2) is 43.7 Å². The minimum absolute atomic E-state index is 0.0793. The lowest BCUT2D eigenvalue weighted by atomic mass is 10.1. The highest BCUT2D eigenvalue weighted by Gasteiger charge is 2.14. The molecule has 9 heteroatoms. The monoisotopic (exact) mass is 348 g/mol. The number of nitrogens with zero attached hydrogens (tertiary/aromatic N) is 3. The highest BCUT2D eigenvalue weighted by molar-refractivity contribution is 7.99. The number of carbonyl (C=O) groups excluding carboxylic acids is 1. The lowest BCUT2D eigenvalue weighted by Gasteiger charge is -2.19. The predicted molar refractivity (Wildman–Crippen MR) is 94.3 cm³/mol. The summed E-state index contributed by atoms with van der Waals surface area (Å²) in [6.45, 7) is 5.77. The van der Waals surface area contributed by atoms with Gasteiger partial charge in [0.2, 0.25) is 17.0 Å². The van der Waals surface area contributed by atoms with Crippen LogP contribution in [0.3, 0.4) is 0 Å². The van der Waals surface area contributed by atoms with E-state index in [1.54, 1.807) is 24.3 Å². The average molecular weight is 348 g/mol. The molecule has 0 radical (unpaired) electrons. The van der Waals surface area contributed by atoms with Crippen molar-refractivity contribution in [2.45, 2.75) is 31.5 Å². The molecule has 0 unspecified atom stereocenters. The Morgan fingerprint density at radius 2 is 2.17 bits per heavy atom. The second-order valence-electron chi connectivity index (χ2n) is 5.98. The summed E-state index contributed by atoms with van der Waals surface area (Å²) in [5.74, 6) is 0.641. The van der Waals surface area contributed by atoms with Crippen LogP contribution in [0.15, 0.2) is 34.5 Å². The molecule has 2 aromatic rings. The number of aromatic amines is 1. The Labute approximate surface area is 144 Å². The van der Waals surface area contributed by atoms with E-state index < -0.39 is 0 Å².